The first-order valence-electron chi connectivity index (χ1n) is 2.49. The van der Waals surface area contributed by atoms with Gasteiger partial charge < -0.3 is 0 Å². The zero-order chi connectivity index (χ0) is 4.78. The lowest BCUT2D eigenvalue weighted by atomic mass is 10.1. The van der Waals surface area contributed by atoms with Gasteiger partial charge in [0.2, 0.25) is 0 Å². The van der Waals surface area contributed by atoms with Crippen molar-refractivity contribution in [3.8, 4) is 0 Å². The van der Waals surface area contributed by atoms with Crippen LogP contribution in [0.1, 0.15) is 20.8 Å². The third kappa shape index (κ3) is 0.444. The highest BCUT2D eigenvalue weighted by Gasteiger charge is 2.41. The normalized spacial score (nSPS) is 39.5. The molecule has 1 aliphatic rings. The molecule has 0 spiro atoms. The van der Waals surface area contributed by atoms with E-state index in [4.69, 9.17) is 0 Å². The van der Waals surface area contributed by atoms with Crippen molar-refractivity contribution in [2.24, 2.45) is 11.3 Å². The number of hydrogen-bond acceptors (Lipinski definition) is 0. The van der Waals surface area contributed by atoms with Gasteiger partial charge in [0.25, 0.3) is 0 Å². The molecular formula is C6H11. The maximum Gasteiger partial charge on any atom is -0.0292 e. The molecule has 0 N–H and O–H groups in total. The standard InChI is InChI=1S/C6H11/c1-5-4-6(5,2)3/h4-5H,1-3H3/t5-/m0/s1. The number of rotatable bonds is 0. The minimum Gasteiger partial charge on any atom is -0.0617 e. The summed E-state index contributed by atoms with van der Waals surface area (Å²) in [5.41, 5.74) is 0.583. The molecule has 0 aromatic rings. The van der Waals surface area contributed by atoms with Gasteiger partial charge >= 0.3 is 0 Å². The molecule has 0 saturated heterocycles. The Balaban J connectivity index is 2.41. The summed E-state index contributed by atoms with van der Waals surface area (Å²) < 4.78 is 0. The van der Waals surface area contributed by atoms with Gasteiger partial charge in [0.1, 0.15) is 0 Å². The van der Waals surface area contributed by atoms with Gasteiger partial charge in [0.05, 0.1) is 0 Å². The third-order valence-electron chi connectivity index (χ3n) is 1.74. The molecule has 1 rings (SSSR count). The molecule has 0 aromatic heterocycles. The zero-order valence-electron chi connectivity index (χ0n) is 4.65. The fraction of sp³-hybridized carbons (Fsp3) is 0.833. The first-order chi connectivity index (χ1) is 2.63. The molecule has 1 fully saturated rings. The highest BCUT2D eigenvalue weighted by atomic mass is 14.5. The summed E-state index contributed by atoms with van der Waals surface area (Å²) in [6.07, 6.45) is 2.35. The van der Waals surface area contributed by atoms with E-state index in [1.54, 1.807) is 0 Å². The van der Waals surface area contributed by atoms with E-state index >= 15 is 0 Å². The summed E-state index contributed by atoms with van der Waals surface area (Å²) >= 11 is 0. The van der Waals surface area contributed by atoms with Crippen molar-refractivity contribution in [3.63, 3.8) is 0 Å². The molecule has 0 bridgehead atoms. The van der Waals surface area contributed by atoms with E-state index in [1.807, 2.05) is 0 Å². The van der Waals surface area contributed by atoms with E-state index in [2.05, 4.69) is 27.2 Å². The van der Waals surface area contributed by atoms with Crippen molar-refractivity contribution < 1.29 is 0 Å². The Labute approximate surface area is 39.6 Å². The maximum absolute atomic E-state index is 2.35. The molecule has 6 heavy (non-hydrogen) atoms. The summed E-state index contributed by atoms with van der Waals surface area (Å²) in [5.74, 6) is 0.873. The van der Waals surface area contributed by atoms with E-state index in [-0.39, 0.29) is 0 Å². The van der Waals surface area contributed by atoms with Gasteiger partial charge in [0, 0.05) is 0 Å². The summed E-state index contributed by atoms with van der Waals surface area (Å²) in [4.78, 5) is 0. The van der Waals surface area contributed by atoms with Crippen molar-refractivity contribution in [1.82, 2.24) is 0 Å². The van der Waals surface area contributed by atoms with Crippen molar-refractivity contribution in [2.45, 2.75) is 20.8 Å². The van der Waals surface area contributed by atoms with Crippen LogP contribution in [0.2, 0.25) is 0 Å². The predicted octanol–water partition coefficient (Wildman–Crippen LogP) is 1.87. The highest BCUT2D eigenvalue weighted by Crippen LogP contribution is 2.49. The lowest BCUT2D eigenvalue weighted by molar-refractivity contribution is 0.595. The molecule has 1 aliphatic carbocycles. The summed E-state index contributed by atoms with van der Waals surface area (Å²) in [7, 11) is 0. The lowest BCUT2D eigenvalue weighted by Crippen LogP contribution is -1.82. The molecule has 35 valence electrons. The lowest BCUT2D eigenvalue weighted by Gasteiger charge is -1.91. The number of hydrogen-bond donors (Lipinski definition) is 0. The minimum absolute atomic E-state index is 0.583. The molecule has 0 aromatic carbocycles. The van der Waals surface area contributed by atoms with E-state index in [1.165, 1.54) is 0 Å². The Morgan fingerprint density at radius 1 is 1.50 bits per heavy atom. The molecule has 0 heteroatoms. The zero-order valence-corrected chi connectivity index (χ0v) is 4.65. The molecular weight excluding hydrogens is 72.1 g/mol. The van der Waals surface area contributed by atoms with E-state index in [0.29, 0.717) is 5.41 Å². The average Bonchev–Trinajstić information content (AvgIpc) is 1.73. The van der Waals surface area contributed by atoms with Gasteiger partial charge in [-0.1, -0.05) is 20.8 Å². The summed E-state index contributed by atoms with van der Waals surface area (Å²) in [6.45, 7) is 6.77. The second-order valence-electron chi connectivity index (χ2n) is 2.78. The van der Waals surface area contributed by atoms with Crippen molar-refractivity contribution >= 4 is 0 Å². The largest absolute Gasteiger partial charge is 0.0617 e. The van der Waals surface area contributed by atoms with Crippen LogP contribution in [-0.4, -0.2) is 0 Å². The second-order valence-corrected chi connectivity index (χ2v) is 2.78. The SMILES string of the molecule is C[C@H]1[CH]C1(C)C. The van der Waals surface area contributed by atoms with E-state index < -0.39 is 0 Å². The van der Waals surface area contributed by atoms with Crippen molar-refractivity contribution in [2.75, 3.05) is 0 Å². The smallest absolute Gasteiger partial charge is 0.0292 e. The highest BCUT2D eigenvalue weighted by molar-refractivity contribution is 5.10. The van der Waals surface area contributed by atoms with Crippen molar-refractivity contribution in [1.29, 1.82) is 0 Å². The molecule has 0 heterocycles. The van der Waals surface area contributed by atoms with E-state index in [9.17, 15) is 0 Å². The second kappa shape index (κ2) is 0.800. The summed E-state index contributed by atoms with van der Waals surface area (Å²) in [6, 6.07) is 0. The monoisotopic (exact) mass is 83.1 g/mol. The van der Waals surface area contributed by atoms with Crippen LogP contribution in [0.3, 0.4) is 0 Å². The first-order valence-corrected chi connectivity index (χ1v) is 2.49. The molecule has 0 amide bonds. The van der Waals surface area contributed by atoms with Crippen molar-refractivity contribution in [3.05, 3.63) is 6.42 Å². The molecule has 0 nitrogen and oxygen atoms in total. The van der Waals surface area contributed by atoms with Gasteiger partial charge in [-0.25, -0.2) is 0 Å². The third-order valence-corrected chi connectivity index (χ3v) is 1.74. The maximum atomic E-state index is 2.35. The first kappa shape index (κ1) is 4.17. The van der Waals surface area contributed by atoms with Crippen LogP contribution >= 0.6 is 0 Å². The minimum atomic E-state index is 0.583. The van der Waals surface area contributed by atoms with Crippen LogP contribution < -0.4 is 0 Å². The molecule has 1 saturated carbocycles. The Kier molecular flexibility index (Phi) is 0.556. The fourth-order valence-corrected chi connectivity index (χ4v) is 0.596. The van der Waals surface area contributed by atoms with Gasteiger partial charge in [-0.3, -0.25) is 0 Å². The Morgan fingerprint density at radius 2 is 1.67 bits per heavy atom. The van der Waals surface area contributed by atoms with E-state index in [0.717, 1.165) is 5.92 Å². The van der Waals surface area contributed by atoms with Crippen LogP contribution in [0, 0.1) is 17.8 Å². The van der Waals surface area contributed by atoms with Gasteiger partial charge in [-0.2, -0.15) is 0 Å². The van der Waals surface area contributed by atoms with Crippen LogP contribution in [0.15, 0.2) is 0 Å². The topological polar surface area (TPSA) is 0 Å². The quantitative estimate of drug-likeness (QED) is 0.419. The summed E-state index contributed by atoms with van der Waals surface area (Å²) in [5, 5.41) is 0. The van der Waals surface area contributed by atoms with Crippen LogP contribution in [0.25, 0.3) is 0 Å². The fourth-order valence-electron chi connectivity index (χ4n) is 0.596. The van der Waals surface area contributed by atoms with Crippen LogP contribution in [0.5, 0.6) is 0 Å². The van der Waals surface area contributed by atoms with Crippen LogP contribution in [-0.2, 0) is 0 Å². The molecule has 1 radical (unpaired) electrons. The molecule has 0 aliphatic heterocycles. The Bertz CT molecular complexity index is 62.4. The van der Waals surface area contributed by atoms with Gasteiger partial charge in [-0.05, 0) is 17.8 Å². The predicted molar refractivity (Wildman–Crippen MR) is 27.2 cm³/mol. The Hall–Kier alpha value is 0. The van der Waals surface area contributed by atoms with Crippen LogP contribution in [0.4, 0.5) is 0 Å². The molecule has 0 unspecified atom stereocenters. The van der Waals surface area contributed by atoms with Gasteiger partial charge in [-0.15, -0.1) is 0 Å². The average molecular weight is 83.2 g/mol. The Morgan fingerprint density at radius 3 is 1.67 bits per heavy atom. The molecule has 1 atom stereocenters. The van der Waals surface area contributed by atoms with Gasteiger partial charge in [0.15, 0.2) is 0 Å².